The second-order valence-electron chi connectivity index (χ2n) is 5.34. The number of nitrogens with one attached hydrogen (secondary N) is 1. The van der Waals surface area contributed by atoms with Crippen molar-refractivity contribution < 1.29 is 4.79 Å². The quantitative estimate of drug-likeness (QED) is 0.783. The lowest BCUT2D eigenvalue weighted by molar-refractivity contribution is 0.0910. The summed E-state index contributed by atoms with van der Waals surface area (Å²) in [5.41, 5.74) is 3.39. The van der Waals surface area contributed by atoms with Crippen molar-refractivity contribution in [1.29, 1.82) is 0 Å². The summed E-state index contributed by atoms with van der Waals surface area (Å²) in [6, 6.07) is 6.10. The van der Waals surface area contributed by atoms with Gasteiger partial charge in [0, 0.05) is 5.56 Å². The molecule has 1 N–H and O–H groups in total. The second-order valence-corrected chi connectivity index (χ2v) is 5.34. The summed E-state index contributed by atoms with van der Waals surface area (Å²) in [5, 5.41) is 3.12. The third kappa shape index (κ3) is 1.67. The summed E-state index contributed by atoms with van der Waals surface area (Å²) in [6.45, 7) is 6.50. The Balaban J connectivity index is 2.58. The summed E-state index contributed by atoms with van der Waals surface area (Å²) in [5.74, 6) is 0.233. The first kappa shape index (κ1) is 11.3. The van der Waals surface area contributed by atoms with Crippen molar-refractivity contribution in [3.63, 3.8) is 0 Å². The number of Topliss-reactive ketones (excluding diaryl/α,β-unsaturated/α-hetero) is 1. The van der Waals surface area contributed by atoms with E-state index < -0.39 is 0 Å². The highest BCUT2D eigenvalue weighted by molar-refractivity contribution is 6.03. The molecule has 0 heterocycles. The number of hydrogen-bond acceptors (Lipinski definition) is 2. The Labute approximate surface area is 97.1 Å². The number of likely N-dealkylation sites (N-methyl/N-ethyl adjacent to an activating group) is 1. The van der Waals surface area contributed by atoms with Crippen molar-refractivity contribution in [2.24, 2.45) is 0 Å². The van der Waals surface area contributed by atoms with Gasteiger partial charge in [0.25, 0.3) is 0 Å². The van der Waals surface area contributed by atoms with E-state index >= 15 is 0 Å². The second kappa shape index (κ2) is 3.70. The van der Waals surface area contributed by atoms with Gasteiger partial charge in [0.05, 0.1) is 6.04 Å². The van der Waals surface area contributed by atoms with Crippen LogP contribution in [0.4, 0.5) is 0 Å². The number of hydrogen-bond donors (Lipinski definition) is 1. The third-order valence-corrected chi connectivity index (χ3v) is 3.55. The van der Waals surface area contributed by atoms with E-state index in [4.69, 9.17) is 0 Å². The van der Waals surface area contributed by atoms with Gasteiger partial charge in [-0.25, -0.2) is 0 Å². The van der Waals surface area contributed by atoms with Crippen molar-refractivity contribution >= 4 is 5.78 Å². The Bertz CT molecular complexity index is 434. The van der Waals surface area contributed by atoms with Crippen molar-refractivity contribution in [2.75, 3.05) is 7.05 Å². The molecule has 0 aromatic heterocycles. The maximum atomic E-state index is 12.2. The predicted octanol–water partition coefficient (Wildman–Crippen LogP) is 2.45. The standard InChI is InChI=1S/C14H19NO/c1-9-5-6-10-11(7-9)14(2,3)8-12(15-4)13(10)16/h5-7,12,15H,8H2,1-4H3. The number of ketones is 1. The number of rotatable bonds is 1. The molecule has 0 saturated carbocycles. The minimum Gasteiger partial charge on any atom is -0.310 e. The molecule has 1 unspecified atom stereocenters. The fourth-order valence-electron chi connectivity index (χ4n) is 2.57. The highest BCUT2D eigenvalue weighted by Gasteiger charge is 2.37. The summed E-state index contributed by atoms with van der Waals surface area (Å²) in [6.07, 6.45) is 0.874. The molecule has 0 aliphatic heterocycles. The number of fused-ring (bicyclic) bond motifs is 1. The van der Waals surface area contributed by atoms with E-state index in [9.17, 15) is 4.79 Å². The summed E-state index contributed by atoms with van der Waals surface area (Å²) < 4.78 is 0. The Morgan fingerprint density at radius 3 is 2.69 bits per heavy atom. The molecule has 1 aromatic carbocycles. The molecule has 0 amide bonds. The van der Waals surface area contributed by atoms with Crippen LogP contribution in [0.25, 0.3) is 0 Å². The molecule has 0 saturated heterocycles. The molecule has 1 aliphatic carbocycles. The van der Waals surface area contributed by atoms with Crippen LogP contribution < -0.4 is 5.32 Å². The SMILES string of the molecule is CNC1CC(C)(C)c2cc(C)ccc2C1=O. The molecule has 1 aliphatic rings. The molecule has 0 radical (unpaired) electrons. The van der Waals surface area contributed by atoms with E-state index in [1.807, 2.05) is 19.2 Å². The van der Waals surface area contributed by atoms with E-state index in [-0.39, 0.29) is 17.2 Å². The van der Waals surface area contributed by atoms with Gasteiger partial charge in [-0.1, -0.05) is 37.6 Å². The summed E-state index contributed by atoms with van der Waals surface area (Å²) >= 11 is 0. The first-order valence-corrected chi connectivity index (χ1v) is 5.78. The highest BCUT2D eigenvalue weighted by Crippen LogP contribution is 2.37. The number of aryl methyl sites for hydroxylation is 1. The zero-order valence-corrected chi connectivity index (χ0v) is 10.4. The largest absolute Gasteiger partial charge is 0.310 e. The van der Waals surface area contributed by atoms with Gasteiger partial charge in [0.1, 0.15) is 0 Å². The highest BCUT2D eigenvalue weighted by atomic mass is 16.1. The first-order valence-electron chi connectivity index (χ1n) is 5.78. The molecule has 2 nitrogen and oxygen atoms in total. The topological polar surface area (TPSA) is 29.1 Å². The van der Waals surface area contributed by atoms with Crippen molar-refractivity contribution in [2.45, 2.75) is 38.6 Å². The number of carbonyl (C=O) groups excluding carboxylic acids is 1. The van der Waals surface area contributed by atoms with Crippen LogP contribution in [0.2, 0.25) is 0 Å². The minimum absolute atomic E-state index is 0.0368. The van der Waals surface area contributed by atoms with E-state index in [0.717, 1.165) is 12.0 Å². The number of benzene rings is 1. The molecule has 86 valence electrons. The average molecular weight is 217 g/mol. The fourth-order valence-corrected chi connectivity index (χ4v) is 2.57. The van der Waals surface area contributed by atoms with Crippen LogP contribution in [0.1, 0.15) is 41.8 Å². The van der Waals surface area contributed by atoms with Crippen LogP contribution in [0, 0.1) is 6.92 Å². The van der Waals surface area contributed by atoms with Gasteiger partial charge >= 0.3 is 0 Å². The van der Waals surface area contributed by atoms with Gasteiger partial charge in [-0.3, -0.25) is 4.79 Å². The smallest absolute Gasteiger partial charge is 0.180 e. The Morgan fingerprint density at radius 1 is 1.38 bits per heavy atom. The molecule has 1 aromatic rings. The number of carbonyl (C=O) groups is 1. The molecule has 0 spiro atoms. The van der Waals surface area contributed by atoms with Gasteiger partial charge in [-0.2, -0.15) is 0 Å². The normalized spacial score (nSPS) is 23.0. The first-order chi connectivity index (χ1) is 7.45. The minimum atomic E-state index is -0.0368. The van der Waals surface area contributed by atoms with Crippen LogP contribution in [0.15, 0.2) is 18.2 Å². The van der Waals surface area contributed by atoms with Crippen molar-refractivity contribution in [3.05, 3.63) is 34.9 Å². The van der Waals surface area contributed by atoms with Gasteiger partial charge < -0.3 is 5.32 Å². The zero-order valence-electron chi connectivity index (χ0n) is 10.4. The van der Waals surface area contributed by atoms with Crippen LogP contribution in [0.3, 0.4) is 0 Å². The van der Waals surface area contributed by atoms with E-state index in [2.05, 4.69) is 32.2 Å². The Kier molecular flexibility index (Phi) is 2.62. The summed E-state index contributed by atoms with van der Waals surface area (Å²) in [7, 11) is 1.86. The lowest BCUT2D eigenvalue weighted by Gasteiger charge is -2.36. The maximum absolute atomic E-state index is 12.2. The fraction of sp³-hybridized carbons (Fsp3) is 0.500. The predicted molar refractivity (Wildman–Crippen MR) is 66.0 cm³/mol. The molecule has 1 atom stereocenters. The Morgan fingerprint density at radius 2 is 2.06 bits per heavy atom. The van der Waals surface area contributed by atoms with Crippen molar-refractivity contribution in [1.82, 2.24) is 5.32 Å². The van der Waals surface area contributed by atoms with E-state index in [1.165, 1.54) is 11.1 Å². The van der Waals surface area contributed by atoms with Gasteiger partial charge in [-0.15, -0.1) is 0 Å². The molecule has 0 bridgehead atoms. The van der Waals surface area contributed by atoms with Crippen LogP contribution in [-0.2, 0) is 5.41 Å². The molecule has 0 fully saturated rings. The van der Waals surface area contributed by atoms with Gasteiger partial charge in [0.2, 0.25) is 0 Å². The van der Waals surface area contributed by atoms with Gasteiger partial charge in [-0.05, 0) is 31.4 Å². The molecule has 16 heavy (non-hydrogen) atoms. The van der Waals surface area contributed by atoms with Crippen LogP contribution in [-0.4, -0.2) is 18.9 Å². The van der Waals surface area contributed by atoms with Crippen LogP contribution >= 0.6 is 0 Å². The van der Waals surface area contributed by atoms with E-state index in [1.54, 1.807) is 0 Å². The molecular formula is C14H19NO. The molecular weight excluding hydrogens is 198 g/mol. The maximum Gasteiger partial charge on any atom is 0.180 e. The molecule has 2 rings (SSSR count). The molecule has 2 heteroatoms. The van der Waals surface area contributed by atoms with Crippen molar-refractivity contribution in [3.8, 4) is 0 Å². The lowest BCUT2D eigenvalue weighted by Crippen LogP contribution is -2.44. The Hall–Kier alpha value is -1.15. The summed E-state index contributed by atoms with van der Waals surface area (Å²) in [4.78, 5) is 12.2. The lowest BCUT2D eigenvalue weighted by atomic mass is 9.70. The average Bonchev–Trinajstić information content (AvgIpc) is 2.23. The van der Waals surface area contributed by atoms with Gasteiger partial charge in [0.15, 0.2) is 5.78 Å². The zero-order chi connectivity index (χ0) is 11.9. The van der Waals surface area contributed by atoms with Crippen LogP contribution in [0.5, 0.6) is 0 Å². The van der Waals surface area contributed by atoms with E-state index in [0.29, 0.717) is 0 Å². The third-order valence-electron chi connectivity index (χ3n) is 3.55. The monoisotopic (exact) mass is 217 g/mol.